The van der Waals surface area contributed by atoms with Crippen LogP contribution in [0.3, 0.4) is 0 Å². The number of β-amino-alcohol motifs (C(OH)–C–C–N with tert-alkyl or cyclic N) is 1. The second-order valence-corrected chi connectivity index (χ2v) is 10.6. The summed E-state index contributed by atoms with van der Waals surface area (Å²) in [6, 6.07) is 24.7. The zero-order valence-corrected chi connectivity index (χ0v) is 23.9. The number of aromatic nitrogens is 1. The summed E-state index contributed by atoms with van der Waals surface area (Å²) in [7, 11) is 0. The minimum atomic E-state index is -1.90. The third kappa shape index (κ3) is 5.90. The molecule has 224 valence electrons. The third-order valence-electron chi connectivity index (χ3n) is 7.73. The Balaban J connectivity index is 1.19. The molecule has 44 heavy (non-hydrogen) atoms. The topological polar surface area (TPSA) is 119 Å². The van der Waals surface area contributed by atoms with Gasteiger partial charge in [0.1, 0.15) is 24.2 Å². The van der Waals surface area contributed by atoms with E-state index in [1.807, 2.05) is 30.3 Å². The van der Waals surface area contributed by atoms with Crippen molar-refractivity contribution < 1.29 is 33.7 Å². The predicted octanol–water partition coefficient (Wildman–Crippen LogP) is 3.08. The third-order valence-corrected chi connectivity index (χ3v) is 7.73. The van der Waals surface area contributed by atoms with E-state index in [-0.39, 0.29) is 17.9 Å². The largest absolute Gasteiger partial charge is 0.490 e. The van der Waals surface area contributed by atoms with Gasteiger partial charge in [0.15, 0.2) is 0 Å². The summed E-state index contributed by atoms with van der Waals surface area (Å²) in [5.74, 6) is -1.28. The number of rotatable bonds is 7. The number of esters is 2. The first-order chi connectivity index (χ1) is 21.4. The number of hydrogen-bond donors (Lipinski definition) is 1. The minimum Gasteiger partial charge on any atom is -0.490 e. The SMILES string of the molecule is O=C1/C=C/C(=O)OC(C(=O)N2CCN(CC(O)COc3cccc4ncccc34)CC2)(c2ccccc2)c2ccccc2O1. The molecule has 1 aromatic heterocycles. The lowest BCUT2D eigenvalue weighted by molar-refractivity contribution is -0.168. The molecule has 1 N–H and O–H groups in total. The normalized spacial score (nSPS) is 20.3. The van der Waals surface area contributed by atoms with Crippen LogP contribution in [-0.2, 0) is 24.7 Å². The summed E-state index contributed by atoms with van der Waals surface area (Å²) >= 11 is 0. The minimum absolute atomic E-state index is 0.100. The number of hydrogen-bond acceptors (Lipinski definition) is 9. The number of aliphatic hydroxyl groups is 1. The van der Waals surface area contributed by atoms with Crippen LogP contribution in [0.4, 0.5) is 0 Å². The van der Waals surface area contributed by atoms with Crippen molar-refractivity contribution in [3.05, 3.63) is 114 Å². The highest BCUT2D eigenvalue weighted by Crippen LogP contribution is 2.42. The number of amides is 1. The fourth-order valence-corrected chi connectivity index (χ4v) is 5.63. The van der Waals surface area contributed by atoms with E-state index in [2.05, 4.69) is 9.88 Å². The quantitative estimate of drug-likeness (QED) is 0.255. The van der Waals surface area contributed by atoms with Crippen molar-refractivity contribution in [3.8, 4) is 11.5 Å². The van der Waals surface area contributed by atoms with Gasteiger partial charge in [-0.05, 0) is 30.3 Å². The standard InChI is InChI=1S/C34H31N3O7/c38-25(23-42-29-14-6-12-28-26(29)10-7-17-35-28)22-36-18-20-37(21-19-36)33(41)34(24-8-2-1-3-9-24)27-11-4-5-13-30(27)43-31(39)15-16-32(40)44-34/h1-17,25,38H,18-23H2/b16-15+. The second-order valence-electron chi connectivity index (χ2n) is 10.6. The molecule has 2 unspecified atom stereocenters. The summed E-state index contributed by atoms with van der Waals surface area (Å²) in [4.78, 5) is 47.9. The molecule has 0 aliphatic carbocycles. The van der Waals surface area contributed by atoms with Gasteiger partial charge in [-0.2, -0.15) is 0 Å². The maximum Gasteiger partial charge on any atom is 0.336 e. The zero-order valence-electron chi connectivity index (χ0n) is 23.9. The Morgan fingerprint density at radius 1 is 0.886 bits per heavy atom. The number of aliphatic hydroxyl groups excluding tert-OH is 1. The van der Waals surface area contributed by atoms with E-state index in [9.17, 15) is 19.5 Å². The molecule has 1 fully saturated rings. The number of carbonyl (C=O) groups is 3. The molecule has 0 saturated carbocycles. The highest BCUT2D eigenvalue weighted by Gasteiger charge is 2.51. The van der Waals surface area contributed by atoms with Crippen molar-refractivity contribution in [2.75, 3.05) is 39.3 Å². The average molecular weight is 594 g/mol. The first-order valence-electron chi connectivity index (χ1n) is 14.4. The number of pyridine rings is 1. The van der Waals surface area contributed by atoms with Gasteiger partial charge in [0.2, 0.25) is 5.60 Å². The molecular weight excluding hydrogens is 562 g/mol. The Morgan fingerprint density at radius 2 is 1.64 bits per heavy atom. The van der Waals surface area contributed by atoms with Crippen LogP contribution in [0.1, 0.15) is 11.1 Å². The van der Waals surface area contributed by atoms with Gasteiger partial charge in [0.25, 0.3) is 5.91 Å². The van der Waals surface area contributed by atoms with Crippen LogP contribution in [-0.4, -0.2) is 83.2 Å². The van der Waals surface area contributed by atoms with Gasteiger partial charge in [-0.3, -0.25) is 14.7 Å². The van der Waals surface area contributed by atoms with E-state index < -0.39 is 29.6 Å². The number of piperazine rings is 1. The number of para-hydroxylation sites is 1. The molecule has 2 aliphatic heterocycles. The number of fused-ring (bicyclic) bond motifs is 2. The average Bonchev–Trinajstić information content (AvgIpc) is 3.11. The maximum absolute atomic E-state index is 14.5. The van der Waals surface area contributed by atoms with E-state index in [1.165, 1.54) is 0 Å². The van der Waals surface area contributed by atoms with Crippen molar-refractivity contribution in [3.63, 3.8) is 0 Å². The van der Waals surface area contributed by atoms with E-state index in [0.29, 0.717) is 44.0 Å². The van der Waals surface area contributed by atoms with Gasteiger partial charge in [0.05, 0.1) is 11.1 Å². The van der Waals surface area contributed by atoms with Crippen LogP contribution in [0.5, 0.6) is 11.5 Å². The van der Waals surface area contributed by atoms with Gasteiger partial charge in [0, 0.05) is 62.0 Å². The predicted molar refractivity (Wildman–Crippen MR) is 161 cm³/mol. The van der Waals surface area contributed by atoms with Gasteiger partial charge >= 0.3 is 11.9 Å². The Hall–Kier alpha value is -5.06. The van der Waals surface area contributed by atoms with Crippen molar-refractivity contribution in [1.29, 1.82) is 0 Å². The summed E-state index contributed by atoms with van der Waals surface area (Å²) < 4.78 is 17.5. The molecule has 2 aliphatic rings. The van der Waals surface area contributed by atoms with Crippen LogP contribution in [0.15, 0.2) is 103 Å². The Bertz CT molecular complexity index is 1700. The van der Waals surface area contributed by atoms with Gasteiger partial charge in [-0.25, -0.2) is 9.59 Å². The highest BCUT2D eigenvalue weighted by molar-refractivity contribution is 5.99. The molecule has 0 spiro atoms. The Kier molecular flexibility index (Phi) is 8.36. The molecule has 1 saturated heterocycles. The van der Waals surface area contributed by atoms with Gasteiger partial charge in [-0.15, -0.1) is 0 Å². The van der Waals surface area contributed by atoms with Crippen molar-refractivity contribution >= 4 is 28.7 Å². The summed E-state index contributed by atoms with van der Waals surface area (Å²) in [6.07, 6.45) is 2.91. The molecule has 4 aromatic rings. The molecule has 6 rings (SSSR count). The van der Waals surface area contributed by atoms with E-state index in [1.54, 1.807) is 65.7 Å². The van der Waals surface area contributed by atoms with Crippen LogP contribution >= 0.6 is 0 Å². The smallest absolute Gasteiger partial charge is 0.336 e. The van der Waals surface area contributed by atoms with E-state index in [0.717, 1.165) is 23.1 Å². The van der Waals surface area contributed by atoms with Crippen LogP contribution in [0.2, 0.25) is 0 Å². The lowest BCUT2D eigenvalue weighted by Gasteiger charge is -2.41. The molecule has 3 heterocycles. The summed E-state index contributed by atoms with van der Waals surface area (Å²) in [5, 5.41) is 11.7. The first kappa shape index (κ1) is 29.0. The summed E-state index contributed by atoms with van der Waals surface area (Å²) in [5.41, 5.74) is -0.404. The van der Waals surface area contributed by atoms with Crippen molar-refractivity contribution in [2.24, 2.45) is 0 Å². The number of nitrogens with zero attached hydrogens (tertiary/aromatic N) is 3. The molecule has 0 bridgehead atoms. The highest BCUT2D eigenvalue weighted by atomic mass is 16.6. The van der Waals surface area contributed by atoms with Crippen LogP contribution in [0, 0.1) is 0 Å². The Labute approximate surface area is 254 Å². The molecule has 0 radical (unpaired) electrons. The number of cyclic esters (lactones) is 1. The molecule has 2 atom stereocenters. The molecule has 10 nitrogen and oxygen atoms in total. The maximum atomic E-state index is 14.5. The molecule has 10 heteroatoms. The molecular formula is C34H31N3O7. The van der Waals surface area contributed by atoms with Gasteiger partial charge in [-0.1, -0.05) is 54.6 Å². The lowest BCUT2D eigenvalue weighted by Crippen LogP contribution is -2.57. The van der Waals surface area contributed by atoms with Crippen molar-refractivity contribution in [2.45, 2.75) is 11.7 Å². The van der Waals surface area contributed by atoms with Gasteiger partial charge < -0.3 is 24.2 Å². The van der Waals surface area contributed by atoms with E-state index >= 15 is 0 Å². The monoisotopic (exact) mass is 593 g/mol. The zero-order chi connectivity index (χ0) is 30.5. The lowest BCUT2D eigenvalue weighted by atomic mass is 9.83. The van der Waals surface area contributed by atoms with Crippen LogP contribution < -0.4 is 9.47 Å². The summed E-state index contributed by atoms with van der Waals surface area (Å²) in [6.45, 7) is 2.07. The fraction of sp³-hybridized carbons (Fsp3) is 0.235. The number of ether oxygens (including phenoxy) is 3. The molecule has 1 amide bonds. The molecule has 3 aromatic carbocycles. The number of benzene rings is 3. The second kappa shape index (κ2) is 12.7. The first-order valence-corrected chi connectivity index (χ1v) is 14.4. The van der Waals surface area contributed by atoms with E-state index in [4.69, 9.17) is 14.2 Å². The fourth-order valence-electron chi connectivity index (χ4n) is 5.63. The number of carbonyl (C=O) groups excluding carboxylic acids is 3. The Morgan fingerprint density at radius 3 is 2.45 bits per heavy atom. The van der Waals surface area contributed by atoms with Crippen molar-refractivity contribution in [1.82, 2.24) is 14.8 Å². The van der Waals surface area contributed by atoms with Crippen LogP contribution in [0.25, 0.3) is 10.9 Å².